The maximum absolute atomic E-state index is 12.9. The summed E-state index contributed by atoms with van der Waals surface area (Å²) in [6, 6.07) is 3.84. The average molecular weight is 283 g/mol. The van der Waals surface area contributed by atoms with Crippen LogP contribution in [0, 0.1) is 11.6 Å². The Balaban J connectivity index is 1.70. The Labute approximate surface area is 117 Å². The molecule has 20 heavy (non-hydrogen) atoms. The number of benzene rings is 1. The lowest BCUT2D eigenvalue weighted by Crippen LogP contribution is -2.38. The third-order valence-electron chi connectivity index (χ3n) is 3.24. The lowest BCUT2D eigenvalue weighted by molar-refractivity contribution is 0.325. The number of halogens is 2. The van der Waals surface area contributed by atoms with E-state index in [0.29, 0.717) is 18.5 Å². The van der Waals surface area contributed by atoms with Gasteiger partial charge < -0.3 is 15.8 Å². The summed E-state index contributed by atoms with van der Waals surface area (Å²) >= 11 is 0. The first kappa shape index (κ1) is 14.6. The number of hydrogen-bond donors (Lipinski definition) is 2. The summed E-state index contributed by atoms with van der Waals surface area (Å²) in [6.07, 6.45) is 4.71. The standard InChI is InChI=1S/C14H19F2N3O/c15-12-6-5-11(9-13(12)16)20-8-7-18-14(17)19-10-3-1-2-4-10/h5-6,9-10H,1-4,7-8H2,(H3,17,18,19). The predicted molar refractivity (Wildman–Crippen MR) is 73.7 cm³/mol. The van der Waals surface area contributed by atoms with E-state index in [9.17, 15) is 8.78 Å². The highest BCUT2D eigenvalue weighted by Crippen LogP contribution is 2.17. The van der Waals surface area contributed by atoms with Gasteiger partial charge in [0.15, 0.2) is 17.6 Å². The molecule has 1 fully saturated rings. The van der Waals surface area contributed by atoms with E-state index in [2.05, 4.69) is 10.3 Å². The largest absolute Gasteiger partial charge is 0.492 e. The minimum Gasteiger partial charge on any atom is -0.492 e. The third kappa shape index (κ3) is 4.36. The normalized spacial score (nSPS) is 16.4. The van der Waals surface area contributed by atoms with Gasteiger partial charge in [0.05, 0.1) is 6.54 Å². The van der Waals surface area contributed by atoms with Gasteiger partial charge in [0.25, 0.3) is 0 Å². The van der Waals surface area contributed by atoms with Gasteiger partial charge in [-0.25, -0.2) is 13.8 Å². The molecule has 1 aromatic carbocycles. The van der Waals surface area contributed by atoms with Crippen LogP contribution in [0.5, 0.6) is 5.75 Å². The summed E-state index contributed by atoms with van der Waals surface area (Å²) in [6.45, 7) is 0.628. The highest BCUT2D eigenvalue weighted by Gasteiger charge is 2.14. The zero-order valence-electron chi connectivity index (χ0n) is 11.2. The molecule has 0 aromatic heterocycles. The molecule has 0 aliphatic heterocycles. The maximum Gasteiger partial charge on any atom is 0.188 e. The van der Waals surface area contributed by atoms with E-state index in [4.69, 9.17) is 10.5 Å². The number of nitrogens with one attached hydrogen (secondary N) is 1. The van der Waals surface area contributed by atoms with Crippen molar-refractivity contribution >= 4 is 5.96 Å². The first-order valence-corrected chi connectivity index (χ1v) is 6.79. The fourth-order valence-electron chi connectivity index (χ4n) is 2.22. The second-order valence-electron chi connectivity index (χ2n) is 4.82. The van der Waals surface area contributed by atoms with Crippen molar-refractivity contribution in [3.8, 4) is 5.75 Å². The zero-order valence-corrected chi connectivity index (χ0v) is 11.2. The average Bonchev–Trinajstić information content (AvgIpc) is 2.91. The fraction of sp³-hybridized carbons (Fsp3) is 0.500. The minimum absolute atomic E-state index is 0.262. The maximum atomic E-state index is 12.9. The Bertz CT molecular complexity index is 473. The number of hydrogen-bond acceptors (Lipinski definition) is 2. The van der Waals surface area contributed by atoms with Gasteiger partial charge in [0, 0.05) is 12.1 Å². The Morgan fingerprint density at radius 2 is 2.05 bits per heavy atom. The van der Waals surface area contributed by atoms with Gasteiger partial charge in [-0.2, -0.15) is 0 Å². The molecule has 6 heteroatoms. The van der Waals surface area contributed by atoms with Crippen LogP contribution in [0.4, 0.5) is 8.78 Å². The quantitative estimate of drug-likeness (QED) is 0.495. The van der Waals surface area contributed by atoms with Crippen LogP contribution in [0.3, 0.4) is 0 Å². The number of nitrogens with zero attached hydrogens (tertiary/aromatic N) is 1. The van der Waals surface area contributed by atoms with Gasteiger partial charge >= 0.3 is 0 Å². The molecule has 0 bridgehead atoms. The summed E-state index contributed by atoms with van der Waals surface area (Å²) in [7, 11) is 0. The molecule has 1 saturated carbocycles. The van der Waals surface area contributed by atoms with Gasteiger partial charge in [-0.1, -0.05) is 12.8 Å². The predicted octanol–water partition coefficient (Wildman–Crippen LogP) is 2.19. The topological polar surface area (TPSA) is 59.6 Å². The van der Waals surface area contributed by atoms with E-state index < -0.39 is 11.6 Å². The number of ether oxygens (including phenoxy) is 1. The Hall–Kier alpha value is -1.85. The Morgan fingerprint density at radius 3 is 2.75 bits per heavy atom. The second kappa shape index (κ2) is 7.07. The number of nitrogens with two attached hydrogens (primary N) is 1. The molecule has 3 N–H and O–H groups in total. The lowest BCUT2D eigenvalue weighted by atomic mass is 10.2. The van der Waals surface area contributed by atoms with E-state index in [-0.39, 0.29) is 12.4 Å². The van der Waals surface area contributed by atoms with E-state index in [1.807, 2.05) is 0 Å². The second-order valence-corrected chi connectivity index (χ2v) is 4.82. The Morgan fingerprint density at radius 1 is 1.30 bits per heavy atom. The van der Waals surface area contributed by atoms with Gasteiger partial charge in [0.2, 0.25) is 0 Å². The molecule has 1 aromatic rings. The van der Waals surface area contributed by atoms with Crippen molar-refractivity contribution in [2.75, 3.05) is 13.2 Å². The van der Waals surface area contributed by atoms with Crippen molar-refractivity contribution in [1.29, 1.82) is 0 Å². The highest BCUT2D eigenvalue weighted by molar-refractivity contribution is 5.78. The van der Waals surface area contributed by atoms with Crippen molar-refractivity contribution in [1.82, 2.24) is 5.32 Å². The van der Waals surface area contributed by atoms with Crippen molar-refractivity contribution < 1.29 is 13.5 Å². The molecule has 1 aliphatic carbocycles. The van der Waals surface area contributed by atoms with Crippen molar-refractivity contribution in [2.45, 2.75) is 31.7 Å². The molecule has 110 valence electrons. The first-order chi connectivity index (χ1) is 9.65. The summed E-state index contributed by atoms with van der Waals surface area (Å²) in [5, 5.41) is 3.16. The van der Waals surface area contributed by atoms with Crippen LogP contribution < -0.4 is 15.8 Å². The number of guanidine groups is 1. The molecule has 4 nitrogen and oxygen atoms in total. The van der Waals surface area contributed by atoms with Gasteiger partial charge in [-0.3, -0.25) is 0 Å². The smallest absolute Gasteiger partial charge is 0.188 e. The van der Waals surface area contributed by atoms with Crippen LogP contribution in [0.15, 0.2) is 23.2 Å². The van der Waals surface area contributed by atoms with Crippen LogP contribution in [-0.2, 0) is 0 Å². The van der Waals surface area contributed by atoms with E-state index in [1.165, 1.54) is 18.9 Å². The molecule has 0 saturated heterocycles. The van der Waals surface area contributed by atoms with Crippen molar-refractivity contribution in [3.05, 3.63) is 29.8 Å². The molecule has 0 amide bonds. The van der Waals surface area contributed by atoms with Crippen LogP contribution in [-0.4, -0.2) is 25.2 Å². The third-order valence-corrected chi connectivity index (χ3v) is 3.24. The minimum atomic E-state index is -0.923. The molecular formula is C14H19F2N3O. The molecule has 0 spiro atoms. The Kier molecular flexibility index (Phi) is 5.15. The van der Waals surface area contributed by atoms with Crippen LogP contribution in [0.2, 0.25) is 0 Å². The molecule has 0 unspecified atom stereocenters. The molecule has 2 rings (SSSR count). The van der Waals surface area contributed by atoms with Crippen molar-refractivity contribution in [2.24, 2.45) is 10.7 Å². The molecule has 1 aliphatic rings. The molecular weight excluding hydrogens is 264 g/mol. The first-order valence-electron chi connectivity index (χ1n) is 6.79. The van der Waals surface area contributed by atoms with Crippen LogP contribution in [0.1, 0.15) is 25.7 Å². The van der Waals surface area contributed by atoms with Gasteiger partial charge in [0.1, 0.15) is 12.4 Å². The fourth-order valence-corrected chi connectivity index (χ4v) is 2.22. The summed E-state index contributed by atoms with van der Waals surface area (Å²) in [5.41, 5.74) is 5.75. The number of aliphatic imine (C=N–C) groups is 1. The van der Waals surface area contributed by atoms with E-state index in [1.54, 1.807) is 0 Å². The summed E-state index contributed by atoms with van der Waals surface area (Å²) in [5.74, 6) is -1.12. The van der Waals surface area contributed by atoms with Crippen LogP contribution in [0.25, 0.3) is 0 Å². The van der Waals surface area contributed by atoms with Crippen LogP contribution >= 0.6 is 0 Å². The van der Waals surface area contributed by atoms with E-state index >= 15 is 0 Å². The molecule has 0 heterocycles. The lowest BCUT2D eigenvalue weighted by Gasteiger charge is -2.12. The number of rotatable bonds is 5. The van der Waals surface area contributed by atoms with Gasteiger partial charge in [-0.05, 0) is 25.0 Å². The molecule has 0 atom stereocenters. The zero-order chi connectivity index (χ0) is 14.4. The van der Waals surface area contributed by atoms with Gasteiger partial charge in [-0.15, -0.1) is 0 Å². The monoisotopic (exact) mass is 283 g/mol. The summed E-state index contributed by atoms with van der Waals surface area (Å²) < 4.78 is 30.9. The summed E-state index contributed by atoms with van der Waals surface area (Å²) in [4.78, 5) is 4.13. The molecule has 0 radical (unpaired) electrons. The highest BCUT2D eigenvalue weighted by atomic mass is 19.2. The van der Waals surface area contributed by atoms with Crippen molar-refractivity contribution in [3.63, 3.8) is 0 Å². The van der Waals surface area contributed by atoms with E-state index in [0.717, 1.165) is 25.0 Å². The SMILES string of the molecule is NC(=NCCOc1ccc(F)c(F)c1)NC1CCCC1.